The van der Waals surface area contributed by atoms with Gasteiger partial charge in [-0.05, 0) is 43.5 Å². The highest BCUT2D eigenvalue weighted by Gasteiger charge is 2.25. The van der Waals surface area contributed by atoms with Gasteiger partial charge < -0.3 is 9.64 Å². The zero-order valence-corrected chi connectivity index (χ0v) is 14.2. The van der Waals surface area contributed by atoms with Crippen LogP contribution in [0.15, 0.2) is 24.3 Å². The van der Waals surface area contributed by atoms with Gasteiger partial charge in [-0.25, -0.2) is 0 Å². The lowest BCUT2D eigenvalue weighted by molar-refractivity contribution is -0.127. The predicted octanol–water partition coefficient (Wildman–Crippen LogP) is 3.23. The van der Waals surface area contributed by atoms with Crippen LogP contribution in [0.1, 0.15) is 50.1 Å². The van der Waals surface area contributed by atoms with Crippen molar-refractivity contribution >= 4 is 5.91 Å². The molecule has 1 aromatic carbocycles. The SMILES string of the molecule is COc1ccc([C@H]2CCCCCN2CCN2CCCC2=O)cc1. The molecular formula is C19H28N2O2. The Kier molecular flexibility index (Phi) is 5.55. The zero-order valence-electron chi connectivity index (χ0n) is 14.2. The van der Waals surface area contributed by atoms with Gasteiger partial charge in [0.15, 0.2) is 0 Å². The number of benzene rings is 1. The predicted molar refractivity (Wildman–Crippen MR) is 91.6 cm³/mol. The average molecular weight is 316 g/mol. The number of carbonyl (C=O) groups excluding carboxylic acids is 1. The first-order chi connectivity index (χ1) is 11.3. The molecule has 3 rings (SSSR count). The number of methoxy groups -OCH3 is 1. The van der Waals surface area contributed by atoms with E-state index in [-0.39, 0.29) is 0 Å². The van der Waals surface area contributed by atoms with Crippen LogP contribution in [-0.2, 0) is 4.79 Å². The number of rotatable bonds is 5. The third-order valence-corrected chi connectivity index (χ3v) is 5.19. The summed E-state index contributed by atoms with van der Waals surface area (Å²) in [5.41, 5.74) is 1.38. The van der Waals surface area contributed by atoms with Crippen LogP contribution in [0.4, 0.5) is 0 Å². The van der Waals surface area contributed by atoms with Crippen molar-refractivity contribution in [3.8, 4) is 5.75 Å². The number of likely N-dealkylation sites (tertiary alicyclic amines) is 2. The van der Waals surface area contributed by atoms with Crippen LogP contribution in [0, 0.1) is 0 Å². The van der Waals surface area contributed by atoms with Gasteiger partial charge in [0.25, 0.3) is 0 Å². The molecule has 0 N–H and O–H groups in total. The fourth-order valence-corrected chi connectivity index (χ4v) is 3.83. The molecule has 0 spiro atoms. The van der Waals surface area contributed by atoms with Crippen LogP contribution in [-0.4, -0.2) is 49.0 Å². The molecule has 2 aliphatic rings. The molecule has 4 nitrogen and oxygen atoms in total. The van der Waals surface area contributed by atoms with E-state index in [4.69, 9.17) is 4.74 Å². The van der Waals surface area contributed by atoms with E-state index in [1.165, 1.54) is 31.2 Å². The Labute approximate surface area is 139 Å². The molecule has 23 heavy (non-hydrogen) atoms. The van der Waals surface area contributed by atoms with Crippen LogP contribution in [0.5, 0.6) is 5.75 Å². The number of amides is 1. The standard InChI is InChI=1S/C19H28N2O2/c1-23-17-10-8-16(9-11-17)18-6-3-2-4-12-20(18)14-15-21-13-5-7-19(21)22/h8-11,18H,2-7,12-15H2,1H3/t18-/m1/s1. The summed E-state index contributed by atoms with van der Waals surface area (Å²) in [4.78, 5) is 16.5. The second-order valence-corrected chi connectivity index (χ2v) is 6.66. The molecule has 4 heteroatoms. The van der Waals surface area contributed by atoms with Crippen LogP contribution < -0.4 is 4.74 Å². The molecule has 2 fully saturated rings. The largest absolute Gasteiger partial charge is 0.497 e. The van der Waals surface area contributed by atoms with E-state index >= 15 is 0 Å². The lowest BCUT2D eigenvalue weighted by Crippen LogP contribution is -2.37. The Morgan fingerprint density at radius 1 is 1.04 bits per heavy atom. The molecule has 0 unspecified atom stereocenters. The summed E-state index contributed by atoms with van der Waals surface area (Å²) >= 11 is 0. The number of hydrogen-bond donors (Lipinski definition) is 0. The number of hydrogen-bond acceptors (Lipinski definition) is 3. The van der Waals surface area contributed by atoms with Crippen LogP contribution >= 0.6 is 0 Å². The van der Waals surface area contributed by atoms with Crippen molar-refractivity contribution in [2.24, 2.45) is 0 Å². The molecule has 2 aliphatic heterocycles. The molecule has 0 bridgehead atoms. The van der Waals surface area contributed by atoms with Gasteiger partial charge in [-0.15, -0.1) is 0 Å². The molecule has 0 saturated carbocycles. The Bertz CT molecular complexity index is 515. The summed E-state index contributed by atoms with van der Waals surface area (Å²) in [6.07, 6.45) is 6.84. The highest BCUT2D eigenvalue weighted by molar-refractivity contribution is 5.78. The van der Waals surface area contributed by atoms with E-state index < -0.39 is 0 Å². The summed E-state index contributed by atoms with van der Waals surface area (Å²) in [6, 6.07) is 8.98. The third kappa shape index (κ3) is 4.05. The molecule has 2 saturated heterocycles. The zero-order chi connectivity index (χ0) is 16.1. The highest BCUT2D eigenvalue weighted by atomic mass is 16.5. The van der Waals surface area contributed by atoms with Crippen molar-refractivity contribution in [1.29, 1.82) is 0 Å². The van der Waals surface area contributed by atoms with Gasteiger partial charge in [-0.2, -0.15) is 0 Å². The first-order valence-corrected chi connectivity index (χ1v) is 8.94. The fourth-order valence-electron chi connectivity index (χ4n) is 3.83. The molecule has 1 amide bonds. The smallest absolute Gasteiger partial charge is 0.222 e. The minimum Gasteiger partial charge on any atom is -0.497 e. The maximum atomic E-state index is 11.8. The van der Waals surface area contributed by atoms with Gasteiger partial charge in [0.05, 0.1) is 7.11 Å². The van der Waals surface area contributed by atoms with Gasteiger partial charge in [0.1, 0.15) is 5.75 Å². The molecule has 126 valence electrons. The quantitative estimate of drug-likeness (QED) is 0.836. The normalized spacial score (nSPS) is 23.1. The Morgan fingerprint density at radius 2 is 1.87 bits per heavy atom. The number of ether oxygens (including phenoxy) is 1. The molecular weight excluding hydrogens is 288 g/mol. The first-order valence-electron chi connectivity index (χ1n) is 8.94. The van der Waals surface area contributed by atoms with Crippen molar-refractivity contribution in [1.82, 2.24) is 9.80 Å². The fraction of sp³-hybridized carbons (Fsp3) is 0.632. The van der Waals surface area contributed by atoms with Crippen molar-refractivity contribution in [3.63, 3.8) is 0 Å². The van der Waals surface area contributed by atoms with Gasteiger partial charge in [0.2, 0.25) is 5.91 Å². The van der Waals surface area contributed by atoms with E-state index in [0.29, 0.717) is 11.9 Å². The maximum Gasteiger partial charge on any atom is 0.222 e. The maximum absolute atomic E-state index is 11.8. The third-order valence-electron chi connectivity index (χ3n) is 5.19. The summed E-state index contributed by atoms with van der Waals surface area (Å²) in [5.74, 6) is 1.25. The molecule has 2 heterocycles. The van der Waals surface area contributed by atoms with Crippen LogP contribution in [0.3, 0.4) is 0 Å². The first kappa shape index (κ1) is 16.3. The van der Waals surface area contributed by atoms with Gasteiger partial charge in [-0.1, -0.05) is 25.0 Å². The van der Waals surface area contributed by atoms with E-state index in [9.17, 15) is 4.79 Å². The molecule has 0 aromatic heterocycles. The molecule has 0 aliphatic carbocycles. The van der Waals surface area contributed by atoms with Gasteiger partial charge in [0, 0.05) is 32.1 Å². The van der Waals surface area contributed by atoms with Crippen LogP contribution in [0.2, 0.25) is 0 Å². The lowest BCUT2D eigenvalue weighted by Gasteiger charge is -2.32. The number of carbonyl (C=O) groups is 1. The summed E-state index contributed by atoms with van der Waals surface area (Å²) in [7, 11) is 1.71. The minimum atomic E-state index is 0.334. The molecule has 0 radical (unpaired) electrons. The topological polar surface area (TPSA) is 32.8 Å². The van der Waals surface area contributed by atoms with E-state index in [2.05, 4.69) is 29.2 Å². The van der Waals surface area contributed by atoms with Gasteiger partial charge in [-0.3, -0.25) is 9.69 Å². The van der Waals surface area contributed by atoms with Crippen molar-refractivity contribution in [2.75, 3.05) is 33.3 Å². The summed E-state index contributed by atoms with van der Waals surface area (Å²) < 4.78 is 5.28. The lowest BCUT2D eigenvalue weighted by atomic mass is 10.0. The van der Waals surface area contributed by atoms with Crippen molar-refractivity contribution in [3.05, 3.63) is 29.8 Å². The Morgan fingerprint density at radius 3 is 2.57 bits per heavy atom. The second kappa shape index (κ2) is 7.82. The van der Waals surface area contributed by atoms with E-state index in [0.717, 1.165) is 44.8 Å². The molecule has 1 atom stereocenters. The van der Waals surface area contributed by atoms with Crippen molar-refractivity contribution in [2.45, 2.75) is 44.6 Å². The van der Waals surface area contributed by atoms with E-state index in [1.807, 2.05) is 4.90 Å². The minimum absolute atomic E-state index is 0.334. The van der Waals surface area contributed by atoms with Crippen molar-refractivity contribution < 1.29 is 9.53 Å². The van der Waals surface area contributed by atoms with Crippen LogP contribution in [0.25, 0.3) is 0 Å². The Balaban J connectivity index is 1.67. The number of nitrogens with zero attached hydrogens (tertiary/aromatic N) is 2. The summed E-state index contributed by atoms with van der Waals surface area (Å²) in [5, 5.41) is 0. The monoisotopic (exact) mass is 316 g/mol. The average Bonchev–Trinajstić information content (AvgIpc) is 2.85. The highest BCUT2D eigenvalue weighted by Crippen LogP contribution is 2.31. The Hall–Kier alpha value is -1.55. The van der Waals surface area contributed by atoms with Gasteiger partial charge >= 0.3 is 0 Å². The second-order valence-electron chi connectivity index (χ2n) is 6.66. The summed E-state index contributed by atoms with van der Waals surface area (Å²) in [6.45, 7) is 3.95. The molecule has 1 aromatic rings. The van der Waals surface area contributed by atoms with E-state index in [1.54, 1.807) is 7.11 Å².